The molecular formula is C15H24O3. The third kappa shape index (κ3) is 5.30. The highest BCUT2D eigenvalue weighted by molar-refractivity contribution is 5.93. The summed E-state index contributed by atoms with van der Waals surface area (Å²) in [4.78, 5) is 23.4. The Morgan fingerprint density at radius 3 is 1.89 bits per heavy atom. The van der Waals surface area contributed by atoms with E-state index in [9.17, 15) is 9.59 Å². The maximum Gasteiger partial charge on any atom is 0.319 e. The van der Waals surface area contributed by atoms with Gasteiger partial charge in [-0.2, -0.15) is 0 Å². The van der Waals surface area contributed by atoms with Crippen molar-refractivity contribution in [1.82, 2.24) is 0 Å². The van der Waals surface area contributed by atoms with E-state index in [4.69, 9.17) is 4.74 Å². The third-order valence-electron chi connectivity index (χ3n) is 2.90. The topological polar surface area (TPSA) is 43.4 Å². The average molecular weight is 252 g/mol. The Morgan fingerprint density at radius 1 is 1.17 bits per heavy atom. The molecule has 0 aromatic rings. The van der Waals surface area contributed by atoms with Crippen molar-refractivity contribution < 1.29 is 14.3 Å². The lowest BCUT2D eigenvalue weighted by Crippen LogP contribution is -2.35. The second-order valence-corrected chi connectivity index (χ2v) is 4.91. The first kappa shape index (κ1) is 16.6. The van der Waals surface area contributed by atoms with Gasteiger partial charge in [-0.3, -0.25) is 4.79 Å². The van der Waals surface area contributed by atoms with Gasteiger partial charge in [0, 0.05) is 0 Å². The summed E-state index contributed by atoms with van der Waals surface area (Å²) < 4.78 is 5.03. The van der Waals surface area contributed by atoms with Crippen LogP contribution in [-0.2, 0) is 14.3 Å². The molecule has 0 saturated heterocycles. The van der Waals surface area contributed by atoms with Gasteiger partial charge in [0.15, 0.2) is 0 Å². The Morgan fingerprint density at radius 2 is 1.61 bits per heavy atom. The van der Waals surface area contributed by atoms with Crippen LogP contribution in [0.2, 0.25) is 0 Å². The van der Waals surface area contributed by atoms with Crippen LogP contribution in [0.15, 0.2) is 24.3 Å². The van der Waals surface area contributed by atoms with Gasteiger partial charge in [0.25, 0.3) is 0 Å². The van der Waals surface area contributed by atoms with Gasteiger partial charge in [-0.05, 0) is 46.5 Å². The van der Waals surface area contributed by atoms with Gasteiger partial charge in [0.1, 0.15) is 11.7 Å². The van der Waals surface area contributed by atoms with Crippen molar-refractivity contribution in [3.05, 3.63) is 24.3 Å². The number of esters is 1. The predicted molar refractivity (Wildman–Crippen MR) is 73.2 cm³/mol. The minimum absolute atomic E-state index is 0.286. The molecule has 3 heteroatoms. The molecule has 0 atom stereocenters. The monoisotopic (exact) mass is 252 g/mol. The molecule has 0 bridgehead atoms. The SMILES string of the molecule is C=C(C)CCC(C=O)(CCC(=C)C)C(=O)OCC. The van der Waals surface area contributed by atoms with E-state index in [-0.39, 0.29) is 6.61 Å². The summed E-state index contributed by atoms with van der Waals surface area (Å²) >= 11 is 0. The normalized spacial score (nSPS) is 10.8. The van der Waals surface area contributed by atoms with Crippen molar-refractivity contribution in [2.45, 2.75) is 46.5 Å². The fraction of sp³-hybridized carbons (Fsp3) is 0.600. The molecule has 3 nitrogen and oxygen atoms in total. The summed E-state index contributed by atoms with van der Waals surface area (Å²) in [5, 5.41) is 0. The highest BCUT2D eigenvalue weighted by atomic mass is 16.5. The van der Waals surface area contributed by atoms with Gasteiger partial charge in [0.05, 0.1) is 6.61 Å². The molecule has 0 aliphatic carbocycles. The molecular weight excluding hydrogens is 228 g/mol. The smallest absolute Gasteiger partial charge is 0.319 e. The standard InChI is InChI=1S/C15H24O3/c1-6-18-14(17)15(11-16,9-7-12(2)3)10-8-13(4)5/h11H,2,4,6-10H2,1,3,5H3. The fourth-order valence-corrected chi connectivity index (χ4v) is 1.64. The first-order valence-electron chi connectivity index (χ1n) is 6.30. The molecule has 0 unspecified atom stereocenters. The molecule has 0 rings (SSSR count). The Hall–Kier alpha value is -1.38. The van der Waals surface area contributed by atoms with E-state index in [0.717, 1.165) is 17.4 Å². The number of carbonyl (C=O) groups excluding carboxylic acids is 2. The zero-order valence-corrected chi connectivity index (χ0v) is 11.8. The van der Waals surface area contributed by atoms with Gasteiger partial charge < -0.3 is 9.53 Å². The minimum Gasteiger partial charge on any atom is -0.465 e. The van der Waals surface area contributed by atoms with Crippen molar-refractivity contribution in [2.75, 3.05) is 6.61 Å². The van der Waals surface area contributed by atoms with Crippen molar-refractivity contribution in [2.24, 2.45) is 5.41 Å². The third-order valence-corrected chi connectivity index (χ3v) is 2.90. The lowest BCUT2D eigenvalue weighted by molar-refractivity contribution is -0.157. The van der Waals surface area contributed by atoms with Gasteiger partial charge in [0.2, 0.25) is 0 Å². The second kappa shape index (κ2) is 7.85. The van der Waals surface area contributed by atoms with Crippen LogP contribution in [-0.4, -0.2) is 18.9 Å². The average Bonchev–Trinajstić information content (AvgIpc) is 2.29. The molecule has 18 heavy (non-hydrogen) atoms. The molecule has 0 aliphatic rings. The molecule has 0 amide bonds. The molecule has 0 fully saturated rings. The number of rotatable bonds is 9. The van der Waals surface area contributed by atoms with E-state index >= 15 is 0 Å². The second-order valence-electron chi connectivity index (χ2n) is 4.91. The molecule has 0 aliphatic heterocycles. The quantitative estimate of drug-likeness (QED) is 0.273. The van der Waals surface area contributed by atoms with Crippen LogP contribution in [0, 0.1) is 5.41 Å². The van der Waals surface area contributed by atoms with E-state index in [2.05, 4.69) is 13.2 Å². The summed E-state index contributed by atoms with van der Waals surface area (Å²) in [6.07, 6.45) is 2.94. The van der Waals surface area contributed by atoms with Crippen LogP contribution in [0.5, 0.6) is 0 Å². The molecule has 102 valence electrons. The number of carbonyl (C=O) groups is 2. The van der Waals surface area contributed by atoms with Crippen molar-refractivity contribution in [3.8, 4) is 0 Å². The molecule has 0 N–H and O–H groups in total. The summed E-state index contributed by atoms with van der Waals surface area (Å²) in [5.41, 5.74) is 0.871. The molecule has 0 aromatic heterocycles. The Balaban J connectivity index is 4.92. The largest absolute Gasteiger partial charge is 0.465 e. The molecule has 0 saturated carbocycles. The zero-order chi connectivity index (χ0) is 14.2. The van der Waals surface area contributed by atoms with Gasteiger partial charge >= 0.3 is 5.97 Å². The van der Waals surface area contributed by atoms with Crippen molar-refractivity contribution in [3.63, 3.8) is 0 Å². The summed E-state index contributed by atoms with van der Waals surface area (Å²) in [6, 6.07) is 0. The highest BCUT2D eigenvalue weighted by Crippen LogP contribution is 2.32. The van der Waals surface area contributed by atoms with Gasteiger partial charge in [-0.25, -0.2) is 0 Å². The van der Waals surface area contributed by atoms with Crippen molar-refractivity contribution >= 4 is 12.3 Å². The Kier molecular flexibility index (Phi) is 7.25. The first-order valence-corrected chi connectivity index (χ1v) is 6.30. The maximum atomic E-state index is 12.0. The zero-order valence-electron chi connectivity index (χ0n) is 11.8. The molecule has 0 aromatic carbocycles. The Bertz CT molecular complexity index is 311. The first-order chi connectivity index (χ1) is 8.38. The number of hydrogen-bond donors (Lipinski definition) is 0. The Labute approximate surface area is 110 Å². The molecule has 0 radical (unpaired) electrons. The lowest BCUT2D eigenvalue weighted by atomic mass is 9.79. The number of hydrogen-bond acceptors (Lipinski definition) is 3. The maximum absolute atomic E-state index is 12.0. The van der Waals surface area contributed by atoms with Crippen LogP contribution in [0.4, 0.5) is 0 Å². The van der Waals surface area contributed by atoms with E-state index < -0.39 is 11.4 Å². The van der Waals surface area contributed by atoms with E-state index in [1.807, 2.05) is 13.8 Å². The number of allylic oxidation sites excluding steroid dienone is 2. The highest BCUT2D eigenvalue weighted by Gasteiger charge is 2.38. The van der Waals surface area contributed by atoms with E-state index in [0.29, 0.717) is 25.7 Å². The molecule has 0 heterocycles. The van der Waals surface area contributed by atoms with Crippen LogP contribution in [0.1, 0.15) is 46.5 Å². The minimum atomic E-state index is -1.05. The van der Waals surface area contributed by atoms with Crippen LogP contribution in [0.25, 0.3) is 0 Å². The number of ether oxygens (including phenoxy) is 1. The summed E-state index contributed by atoms with van der Waals surface area (Å²) in [6.45, 7) is 13.4. The van der Waals surface area contributed by atoms with Gasteiger partial charge in [-0.1, -0.05) is 11.1 Å². The predicted octanol–water partition coefficient (Wildman–Crippen LogP) is 3.45. The van der Waals surface area contributed by atoms with Crippen molar-refractivity contribution in [1.29, 1.82) is 0 Å². The van der Waals surface area contributed by atoms with Crippen LogP contribution in [0.3, 0.4) is 0 Å². The van der Waals surface area contributed by atoms with E-state index in [1.54, 1.807) is 6.92 Å². The van der Waals surface area contributed by atoms with E-state index in [1.165, 1.54) is 0 Å². The van der Waals surface area contributed by atoms with Gasteiger partial charge in [-0.15, -0.1) is 13.2 Å². The summed E-state index contributed by atoms with van der Waals surface area (Å²) in [7, 11) is 0. The summed E-state index contributed by atoms with van der Waals surface area (Å²) in [5.74, 6) is -0.428. The van der Waals surface area contributed by atoms with Crippen LogP contribution < -0.4 is 0 Å². The van der Waals surface area contributed by atoms with Crippen LogP contribution >= 0.6 is 0 Å². The fourth-order valence-electron chi connectivity index (χ4n) is 1.64. The lowest BCUT2D eigenvalue weighted by Gasteiger charge is -2.25. The number of aldehydes is 1. The molecule has 0 spiro atoms.